The number of para-hydroxylation sites is 1. The molecule has 3 amide bonds. The van der Waals surface area contributed by atoms with Crippen LogP contribution in [-0.4, -0.2) is 53.9 Å². The van der Waals surface area contributed by atoms with Crippen molar-refractivity contribution in [3.8, 4) is 0 Å². The molecule has 2 heterocycles. The number of nitrogens with one attached hydrogen (secondary N) is 1. The second kappa shape index (κ2) is 8.67. The van der Waals surface area contributed by atoms with Crippen molar-refractivity contribution < 1.29 is 19.1 Å². The Morgan fingerprint density at radius 2 is 1.97 bits per heavy atom. The summed E-state index contributed by atoms with van der Waals surface area (Å²) in [6.07, 6.45) is 2.12. The van der Waals surface area contributed by atoms with E-state index in [0.717, 1.165) is 29.4 Å². The molecule has 9 heteroatoms. The Hall–Kier alpha value is -2.19. The molecule has 0 bridgehead atoms. The minimum Gasteiger partial charge on any atom is -0.444 e. The third-order valence-electron chi connectivity index (χ3n) is 4.41. The van der Waals surface area contributed by atoms with Crippen LogP contribution in [0.15, 0.2) is 23.1 Å². The lowest BCUT2D eigenvalue weighted by Crippen LogP contribution is -2.39. The van der Waals surface area contributed by atoms with Gasteiger partial charge in [0.15, 0.2) is 0 Å². The van der Waals surface area contributed by atoms with E-state index in [-0.39, 0.29) is 11.3 Å². The molecule has 0 saturated carbocycles. The highest BCUT2D eigenvalue weighted by molar-refractivity contribution is 8.18. The van der Waals surface area contributed by atoms with E-state index in [9.17, 15) is 14.4 Å². The quantitative estimate of drug-likeness (QED) is 0.701. The van der Waals surface area contributed by atoms with E-state index < -0.39 is 11.5 Å². The SMILES string of the molecule is CC(C)(C)OC(=O)N1CCCN(c2c(Cl)cccc2C=C2SC(=O)NC2=O)CC1. The van der Waals surface area contributed by atoms with Crippen LogP contribution in [0.2, 0.25) is 5.02 Å². The maximum absolute atomic E-state index is 12.4. The van der Waals surface area contributed by atoms with Gasteiger partial charge in [-0.2, -0.15) is 0 Å². The summed E-state index contributed by atoms with van der Waals surface area (Å²) in [4.78, 5) is 39.9. The van der Waals surface area contributed by atoms with E-state index in [4.69, 9.17) is 16.3 Å². The second-order valence-electron chi connectivity index (χ2n) is 7.84. The van der Waals surface area contributed by atoms with E-state index in [1.165, 1.54) is 0 Å². The number of rotatable bonds is 2. The van der Waals surface area contributed by atoms with Crippen molar-refractivity contribution in [1.82, 2.24) is 10.2 Å². The molecule has 29 heavy (non-hydrogen) atoms. The average molecular weight is 438 g/mol. The van der Waals surface area contributed by atoms with Crippen molar-refractivity contribution in [2.24, 2.45) is 0 Å². The molecular formula is C20H24ClN3O4S. The zero-order valence-electron chi connectivity index (χ0n) is 16.7. The molecule has 0 aliphatic carbocycles. The van der Waals surface area contributed by atoms with Crippen LogP contribution < -0.4 is 10.2 Å². The van der Waals surface area contributed by atoms with Crippen LogP contribution in [0.25, 0.3) is 6.08 Å². The summed E-state index contributed by atoms with van der Waals surface area (Å²) >= 11 is 7.38. The zero-order chi connectivity index (χ0) is 21.2. The minimum atomic E-state index is -0.540. The molecule has 0 aromatic heterocycles. The highest BCUT2D eigenvalue weighted by atomic mass is 35.5. The lowest BCUT2D eigenvalue weighted by Gasteiger charge is -2.27. The first kappa shape index (κ1) is 21.5. The van der Waals surface area contributed by atoms with Crippen molar-refractivity contribution in [3.63, 3.8) is 0 Å². The molecule has 1 aromatic rings. The molecule has 0 unspecified atom stereocenters. The summed E-state index contributed by atoms with van der Waals surface area (Å²) in [5.41, 5.74) is 1.01. The second-order valence-corrected chi connectivity index (χ2v) is 9.26. The Labute approximate surface area is 179 Å². The van der Waals surface area contributed by atoms with Crippen LogP contribution in [0.5, 0.6) is 0 Å². The van der Waals surface area contributed by atoms with Crippen LogP contribution in [-0.2, 0) is 9.53 Å². The summed E-state index contributed by atoms with van der Waals surface area (Å²) in [6.45, 7) is 7.93. The molecule has 1 N–H and O–H groups in total. The number of benzene rings is 1. The van der Waals surface area contributed by atoms with Crippen molar-refractivity contribution in [2.45, 2.75) is 32.8 Å². The molecule has 2 aliphatic rings. The topological polar surface area (TPSA) is 79.0 Å². The molecule has 2 saturated heterocycles. The number of amides is 3. The smallest absolute Gasteiger partial charge is 0.410 e. The fourth-order valence-electron chi connectivity index (χ4n) is 3.19. The molecule has 7 nitrogen and oxygen atoms in total. The maximum Gasteiger partial charge on any atom is 0.410 e. The standard InChI is InChI=1S/C20H24ClN3O4S/c1-20(2,3)28-19(27)24-9-5-8-23(10-11-24)16-13(6-4-7-14(16)21)12-15-17(25)22-18(26)29-15/h4,6-7,12H,5,8-11H2,1-3H3,(H,22,25,26). The molecular weight excluding hydrogens is 414 g/mol. The molecule has 156 valence electrons. The number of carbonyl (C=O) groups excluding carboxylic acids is 3. The molecule has 2 aliphatic heterocycles. The third-order valence-corrected chi connectivity index (χ3v) is 5.53. The van der Waals surface area contributed by atoms with Gasteiger partial charge in [-0.15, -0.1) is 0 Å². The number of anilines is 1. The maximum atomic E-state index is 12.4. The normalized spacial score (nSPS) is 19.4. The summed E-state index contributed by atoms with van der Waals surface area (Å²) in [7, 11) is 0. The first-order chi connectivity index (χ1) is 13.6. The van der Waals surface area contributed by atoms with Gasteiger partial charge in [0, 0.05) is 31.7 Å². The molecule has 2 fully saturated rings. The lowest BCUT2D eigenvalue weighted by atomic mass is 10.1. The highest BCUT2D eigenvalue weighted by Gasteiger charge is 2.28. The van der Waals surface area contributed by atoms with Crippen LogP contribution in [0.4, 0.5) is 15.3 Å². The molecule has 3 rings (SSSR count). The molecule has 1 aromatic carbocycles. The van der Waals surface area contributed by atoms with E-state index in [0.29, 0.717) is 36.1 Å². The van der Waals surface area contributed by atoms with E-state index >= 15 is 0 Å². The van der Waals surface area contributed by atoms with Gasteiger partial charge in [-0.3, -0.25) is 14.9 Å². The summed E-state index contributed by atoms with van der Waals surface area (Å²) in [5, 5.41) is 2.43. The van der Waals surface area contributed by atoms with Crippen molar-refractivity contribution in [1.29, 1.82) is 0 Å². The summed E-state index contributed by atoms with van der Waals surface area (Å²) in [5.74, 6) is -0.405. The van der Waals surface area contributed by atoms with Gasteiger partial charge in [0.2, 0.25) is 0 Å². The average Bonchev–Trinajstić information content (AvgIpc) is 2.81. The highest BCUT2D eigenvalue weighted by Crippen LogP contribution is 2.35. The summed E-state index contributed by atoms with van der Waals surface area (Å²) in [6, 6.07) is 5.46. The fraction of sp³-hybridized carbons (Fsp3) is 0.450. The summed E-state index contributed by atoms with van der Waals surface area (Å²) < 4.78 is 5.49. The Bertz CT molecular complexity index is 866. The monoisotopic (exact) mass is 437 g/mol. The van der Waals surface area contributed by atoms with Crippen LogP contribution in [0, 0.1) is 0 Å². The van der Waals surface area contributed by atoms with Crippen molar-refractivity contribution >= 4 is 52.4 Å². The number of halogens is 1. The largest absolute Gasteiger partial charge is 0.444 e. The number of hydrogen-bond acceptors (Lipinski definition) is 6. The van der Waals surface area contributed by atoms with Crippen LogP contribution in [0.1, 0.15) is 32.8 Å². The van der Waals surface area contributed by atoms with Gasteiger partial charge < -0.3 is 14.5 Å². The molecule has 0 spiro atoms. The Morgan fingerprint density at radius 3 is 2.62 bits per heavy atom. The first-order valence-corrected chi connectivity index (χ1v) is 10.6. The van der Waals surface area contributed by atoms with Gasteiger partial charge in [-0.05, 0) is 51.1 Å². The predicted octanol–water partition coefficient (Wildman–Crippen LogP) is 4.11. The van der Waals surface area contributed by atoms with Gasteiger partial charge in [-0.25, -0.2) is 4.79 Å². The molecule has 0 atom stereocenters. The number of thioether (sulfide) groups is 1. The fourth-order valence-corrected chi connectivity index (χ4v) is 4.17. The van der Waals surface area contributed by atoms with E-state index in [2.05, 4.69) is 10.2 Å². The molecule has 0 radical (unpaired) electrons. The van der Waals surface area contributed by atoms with Gasteiger partial charge in [0.1, 0.15) is 5.60 Å². The Kier molecular flexibility index (Phi) is 6.43. The number of carbonyl (C=O) groups is 3. The Balaban J connectivity index is 1.81. The van der Waals surface area contributed by atoms with Gasteiger partial charge in [0.25, 0.3) is 11.1 Å². The number of hydrogen-bond donors (Lipinski definition) is 1. The Morgan fingerprint density at radius 1 is 1.21 bits per heavy atom. The van der Waals surface area contributed by atoms with E-state index in [1.807, 2.05) is 32.9 Å². The zero-order valence-corrected chi connectivity index (χ0v) is 18.2. The van der Waals surface area contributed by atoms with Gasteiger partial charge in [-0.1, -0.05) is 23.7 Å². The lowest BCUT2D eigenvalue weighted by molar-refractivity contribution is -0.115. The minimum absolute atomic E-state index is 0.321. The van der Waals surface area contributed by atoms with E-state index in [1.54, 1.807) is 17.0 Å². The van der Waals surface area contributed by atoms with Crippen LogP contribution in [0.3, 0.4) is 0 Å². The van der Waals surface area contributed by atoms with Gasteiger partial charge >= 0.3 is 6.09 Å². The van der Waals surface area contributed by atoms with Gasteiger partial charge in [0.05, 0.1) is 15.6 Å². The van der Waals surface area contributed by atoms with Crippen molar-refractivity contribution in [3.05, 3.63) is 33.7 Å². The number of nitrogens with zero attached hydrogens (tertiary/aromatic N) is 2. The van der Waals surface area contributed by atoms with Crippen molar-refractivity contribution in [2.75, 3.05) is 31.1 Å². The first-order valence-electron chi connectivity index (χ1n) is 9.40. The number of ether oxygens (including phenoxy) is 1. The number of imide groups is 1. The predicted molar refractivity (Wildman–Crippen MR) is 115 cm³/mol. The third kappa shape index (κ3) is 5.45. The van der Waals surface area contributed by atoms with Crippen LogP contribution >= 0.6 is 23.4 Å².